The lowest BCUT2D eigenvalue weighted by molar-refractivity contribution is 0.669. The van der Waals surface area contributed by atoms with Crippen molar-refractivity contribution in [1.82, 2.24) is 9.97 Å². The zero-order valence-electron chi connectivity index (χ0n) is 29.7. The number of fused-ring (bicyclic) bond motifs is 5. The lowest BCUT2D eigenvalue weighted by Gasteiger charge is -2.14. The van der Waals surface area contributed by atoms with E-state index in [1.54, 1.807) is 0 Å². The van der Waals surface area contributed by atoms with E-state index in [1.807, 2.05) is 42.5 Å². The van der Waals surface area contributed by atoms with Crippen molar-refractivity contribution in [2.75, 3.05) is 0 Å². The largest absolute Gasteiger partial charge is 0.456 e. The summed E-state index contributed by atoms with van der Waals surface area (Å²) in [5, 5.41) is 5.57. The molecule has 8 aromatic carbocycles. The van der Waals surface area contributed by atoms with Gasteiger partial charge in [0.25, 0.3) is 0 Å². The van der Waals surface area contributed by atoms with Crippen LogP contribution in [0.25, 0.3) is 101 Å². The quantitative estimate of drug-likeness (QED) is 0.163. The molecule has 0 aliphatic carbocycles. The van der Waals surface area contributed by atoms with Gasteiger partial charge in [0.05, 0.1) is 11.2 Å². The SMILES string of the molecule is Cc1cc(-c2ccc3c(c2)oc2cccc(-c4nc(-c5ccccc5)c5ccccc5n4)c23)ccc1-c1ccc2ccccc2c1/C=C\c1ccccc1. The fourth-order valence-electron chi connectivity index (χ4n) is 7.80. The summed E-state index contributed by atoms with van der Waals surface area (Å²) < 4.78 is 6.56. The zero-order chi connectivity index (χ0) is 36.0. The monoisotopic (exact) mass is 690 g/mol. The Hall–Kier alpha value is -7.10. The van der Waals surface area contributed by atoms with Gasteiger partial charge in [0.2, 0.25) is 0 Å². The van der Waals surface area contributed by atoms with Gasteiger partial charge < -0.3 is 4.42 Å². The van der Waals surface area contributed by atoms with Crippen molar-refractivity contribution < 1.29 is 4.42 Å². The molecular weight excluding hydrogens is 657 g/mol. The summed E-state index contributed by atoms with van der Waals surface area (Å²) in [4.78, 5) is 10.2. The van der Waals surface area contributed by atoms with Crippen molar-refractivity contribution in [3.05, 3.63) is 193 Å². The van der Waals surface area contributed by atoms with E-state index >= 15 is 0 Å². The Bertz CT molecular complexity index is 3050. The first kappa shape index (κ1) is 31.6. The number of rotatable bonds is 6. The maximum absolute atomic E-state index is 6.56. The minimum Gasteiger partial charge on any atom is -0.456 e. The van der Waals surface area contributed by atoms with Gasteiger partial charge in [-0.3, -0.25) is 0 Å². The molecule has 0 aliphatic rings. The minimum atomic E-state index is 0.683. The summed E-state index contributed by atoms with van der Waals surface area (Å²) in [5.41, 5.74) is 13.8. The van der Waals surface area contributed by atoms with Gasteiger partial charge in [-0.05, 0) is 80.9 Å². The molecule has 3 nitrogen and oxygen atoms in total. The summed E-state index contributed by atoms with van der Waals surface area (Å²) in [7, 11) is 0. The van der Waals surface area contributed by atoms with Crippen LogP contribution in [0.3, 0.4) is 0 Å². The number of aryl methyl sites for hydroxylation is 1. The van der Waals surface area contributed by atoms with Gasteiger partial charge in [-0.25, -0.2) is 9.97 Å². The topological polar surface area (TPSA) is 38.9 Å². The molecule has 0 fully saturated rings. The van der Waals surface area contributed by atoms with Gasteiger partial charge >= 0.3 is 0 Å². The molecule has 0 atom stereocenters. The van der Waals surface area contributed by atoms with E-state index in [9.17, 15) is 0 Å². The molecular formula is C51H34N2O. The van der Waals surface area contributed by atoms with Crippen LogP contribution in [0.5, 0.6) is 0 Å². The van der Waals surface area contributed by atoms with E-state index < -0.39 is 0 Å². The molecule has 0 amide bonds. The van der Waals surface area contributed by atoms with Crippen LogP contribution in [0, 0.1) is 6.92 Å². The Morgan fingerprint density at radius 1 is 0.463 bits per heavy atom. The van der Waals surface area contributed by atoms with Crippen molar-refractivity contribution >= 4 is 55.8 Å². The predicted molar refractivity (Wildman–Crippen MR) is 226 cm³/mol. The van der Waals surface area contributed by atoms with Crippen LogP contribution in [0.15, 0.2) is 180 Å². The van der Waals surface area contributed by atoms with Gasteiger partial charge in [0.15, 0.2) is 5.82 Å². The lowest BCUT2D eigenvalue weighted by atomic mass is 9.89. The van der Waals surface area contributed by atoms with Crippen LogP contribution in [0.1, 0.15) is 16.7 Å². The number of para-hydroxylation sites is 1. The second-order valence-corrected chi connectivity index (χ2v) is 13.8. The van der Waals surface area contributed by atoms with Crippen LogP contribution < -0.4 is 0 Å². The second-order valence-electron chi connectivity index (χ2n) is 13.8. The third kappa shape index (κ3) is 5.55. The summed E-state index contributed by atoms with van der Waals surface area (Å²) in [6, 6.07) is 61.6. The molecule has 0 aliphatic heterocycles. The first-order chi connectivity index (χ1) is 26.7. The summed E-state index contributed by atoms with van der Waals surface area (Å²) in [6.45, 7) is 2.21. The Morgan fingerprint density at radius 2 is 1.19 bits per heavy atom. The lowest BCUT2D eigenvalue weighted by Crippen LogP contribution is -1.95. The third-order valence-corrected chi connectivity index (χ3v) is 10.5. The molecule has 54 heavy (non-hydrogen) atoms. The fourth-order valence-corrected chi connectivity index (χ4v) is 7.80. The average molecular weight is 691 g/mol. The molecule has 0 bridgehead atoms. The van der Waals surface area contributed by atoms with Crippen molar-refractivity contribution in [2.45, 2.75) is 6.92 Å². The Balaban J connectivity index is 1.05. The van der Waals surface area contributed by atoms with Crippen LogP contribution in [-0.2, 0) is 0 Å². The summed E-state index contributed by atoms with van der Waals surface area (Å²) in [5.74, 6) is 0.683. The molecule has 0 spiro atoms. The maximum Gasteiger partial charge on any atom is 0.161 e. The first-order valence-electron chi connectivity index (χ1n) is 18.3. The highest BCUT2D eigenvalue weighted by Crippen LogP contribution is 2.40. The van der Waals surface area contributed by atoms with Crippen LogP contribution in [-0.4, -0.2) is 9.97 Å². The molecule has 0 saturated carbocycles. The average Bonchev–Trinajstić information content (AvgIpc) is 3.61. The summed E-state index contributed by atoms with van der Waals surface area (Å²) in [6.07, 6.45) is 4.47. The molecule has 0 saturated heterocycles. The minimum absolute atomic E-state index is 0.683. The van der Waals surface area contributed by atoms with Gasteiger partial charge in [0.1, 0.15) is 11.2 Å². The van der Waals surface area contributed by atoms with E-state index in [0.717, 1.165) is 60.8 Å². The highest BCUT2D eigenvalue weighted by molar-refractivity contribution is 6.13. The van der Waals surface area contributed by atoms with E-state index in [1.165, 1.54) is 38.6 Å². The van der Waals surface area contributed by atoms with E-state index in [4.69, 9.17) is 14.4 Å². The Labute approximate surface area is 313 Å². The van der Waals surface area contributed by atoms with Crippen molar-refractivity contribution in [3.8, 4) is 44.9 Å². The van der Waals surface area contributed by atoms with Crippen molar-refractivity contribution in [2.24, 2.45) is 0 Å². The molecule has 0 N–H and O–H groups in total. The number of hydrogen-bond donors (Lipinski definition) is 0. The molecule has 10 aromatic rings. The van der Waals surface area contributed by atoms with Gasteiger partial charge in [-0.15, -0.1) is 0 Å². The highest BCUT2D eigenvalue weighted by Gasteiger charge is 2.18. The maximum atomic E-state index is 6.56. The Kier molecular flexibility index (Phi) is 7.70. The number of nitrogens with zero attached hydrogens (tertiary/aromatic N) is 2. The number of hydrogen-bond acceptors (Lipinski definition) is 3. The van der Waals surface area contributed by atoms with Gasteiger partial charge in [0, 0.05) is 27.3 Å². The normalized spacial score (nSPS) is 11.7. The number of benzene rings is 8. The summed E-state index contributed by atoms with van der Waals surface area (Å²) >= 11 is 0. The van der Waals surface area contributed by atoms with Crippen molar-refractivity contribution in [3.63, 3.8) is 0 Å². The van der Waals surface area contributed by atoms with E-state index in [0.29, 0.717) is 5.82 Å². The third-order valence-electron chi connectivity index (χ3n) is 10.5. The Morgan fingerprint density at radius 3 is 2.04 bits per heavy atom. The molecule has 2 aromatic heterocycles. The predicted octanol–water partition coefficient (Wildman–Crippen LogP) is 13.8. The molecule has 254 valence electrons. The van der Waals surface area contributed by atoms with Crippen LogP contribution in [0.2, 0.25) is 0 Å². The number of aromatic nitrogens is 2. The first-order valence-corrected chi connectivity index (χ1v) is 18.3. The second kappa shape index (κ2) is 13.1. The highest BCUT2D eigenvalue weighted by atomic mass is 16.3. The zero-order valence-corrected chi connectivity index (χ0v) is 29.7. The van der Waals surface area contributed by atoms with E-state index in [-0.39, 0.29) is 0 Å². The molecule has 2 heterocycles. The molecule has 3 heteroatoms. The van der Waals surface area contributed by atoms with Crippen LogP contribution in [0.4, 0.5) is 0 Å². The number of furan rings is 1. The van der Waals surface area contributed by atoms with Gasteiger partial charge in [-0.2, -0.15) is 0 Å². The standard InChI is InChI=1S/C51H34N2O/c1-33-31-37(25-28-39(33)41-29-24-35-15-8-9-18-40(35)42(41)27-23-34-13-4-2-5-14-34)38-26-30-44-48(32-38)54-47-22-12-20-45(49(44)47)51-52-46-21-11-10-19-43(46)50(53-51)36-16-6-3-7-17-36/h2-32H,1H3/b27-23-. The fraction of sp³-hybridized carbons (Fsp3) is 0.0196. The van der Waals surface area contributed by atoms with E-state index in [2.05, 4.69) is 153 Å². The van der Waals surface area contributed by atoms with Crippen LogP contribution >= 0.6 is 0 Å². The molecule has 0 radical (unpaired) electrons. The van der Waals surface area contributed by atoms with Gasteiger partial charge in [-0.1, -0.05) is 164 Å². The smallest absolute Gasteiger partial charge is 0.161 e. The molecule has 10 rings (SSSR count). The molecule has 0 unspecified atom stereocenters. The van der Waals surface area contributed by atoms with Crippen molar-refractivity contribution in [1.29, 1.82) is 0 Å².